The minimum atomic E-state index is -0.398. The van der Waals surface area contributed by atoms with Crippen LogP contribution in [0.1, 0.15) is 17.5 Å². The Morgan fingerprint density at radius 2 is 1.87 bits per heavy atom. The fourth-order valence-corrected chi connectivity index (χ4v) is 2.09. The molecule has 0 heterocycles. The van der Waals surface area contributed by atoms with E-state index >= 15 is 0 Å². The molecule has 0 bridgehead atoms. The van der Waals surface area contributed by atoms with Gasteiger partial charge in [0.2, 0.25) is 11.8 Å². The molecule has 116 valence electrons. The molecule has 0 unspecified atom stereocenters. The molecule has 2 aromatic rings. The highest BCUT2D eigenvalue weighted by atomic mass is 16.2. The van der Waals surface area contributed by atoms with E-state index in [1.165, 1.54) is 4.90 Å². The predicted octanol–water partition coefficient (Wildman–Crippen LogP) is 2.55. The van der Waals surface area contributed by atoms with Crippen molar-refractivity contribution < 1.29 is 9.59 Å². The van der Waals surface area contributed by atoms with Gasteiger partial charge in [-0.25, -0.2) is 0 Å². The number of hydrogen-bond acceptors (Lipinski definition) is 3. The number of rotatable bonds is 5. The van der Waals surface area contributed by atoms with Crippen LogP contribution in [0.2, 0.25) is 0 Å². The first kappa shape index (κ1) is 16.2. The topological polar surface area (TPSA) is 73.2 Å². The van der Waals surface area contributed by atoms with Crippen LogP contribution < -0.4 is 5.32 Å². The maximum Gasteiger partial charge on any atom is 0.233 e. The number of nitrogens with zero attached hydrogens (tertiary/aromatic N) is 2. The molecule has 2 rings (SSSR count). The molecule has 0 atom stereocenters. The molecule has 5 nitrogen and oxygen atoms in total. The Morgan fingerprint density at radius 3 is 2.57 bits per heavy atom. The lowest BCUT2D eigenvalue weighted by Gasteiger charge is -2.17. The molecule has 0 spiro atoms. The molecule has 0 saturated heterocycles. The van der Waals surface area contributed by atoms with Crippen molar-refractivity contribution in [1.29, 1.82) is 5.26 Å². The van der Waals surface area contributed by atoms with Gasteiger partial charge in [0, 0.05) is 19.3 Å². The van der Waals surface area contributed by atoms with Gasteiger partial charge in [-0.15, -0.1) is 0 Å². The minimum absolute atomic E-state index is 0.236. The molecule has 0 aliphatic rings. The fourth-order valence-electron chi connectivity index (χ4n) is 2.09. The van der Waals surface area contributed by atoms with Crippen LogP contribution in [-0.2, 0) is 16.1 Å². The molecule has 2 amide bonds. The van der Waals surface area contributed by atoms with Crippen molar-refractivity contribution in [3.63, 3.8) is 0 Å². The second-order valence-corrected chi connectivity index (χ2v) is 5.15. The Bertz CT molecular complexity index is 735. The number of nitriles is 1. The summed E-state index contributed by atoms with van der Waals surface area (Å²) in [7, 11) is 1.67. The SMILES string of the molecule is CN(Cc1ccccc1)C(=O)CC(=O)Nc1cccc(C#N)c1. The van der Waals surface area contributed by atoms with Crippen LogP contribution in [0.25, 0.3) is 0 Å². The molecule has 5 heteroatoms. The number of carbonyl (C=O) groups is 2. The monoisotopic (exact) mass is 307 g/mol. The van der Waals surface area contributed by atoms with Gasteiger partial charge in [-0.1, -0.05) is 36.4 Å². The molecule has 0 aromatic heterocycles. The lowest BCUT2D eigenvalue weighted by molar-refractivity contribution is -0.133. The van der Waals surface area contributed by atoms with Crippen LogP contribution in [0.15, 0.2) is 54.6 Å². The second-order valence-electron chi connectivity index (χ2n) is 5.15. The van der Waals surface area contributed by atoms with Gasteiger partial charge in [0.25, 0.3) is 0 Å². The van der Waals surface area contributed by atoms with E-state index in [9.17, 15) is 9.59 Å². The molecule has 2 aromatic carbocycles. The lowest BCUT2D eigenvalue weighted by Crippen LogP contribution is -2.30. The van der Waals surface area contributed by atoms with E-state index in [2.05, 4.69) is 5.32 Å². The maximum absolute atomic E-state index is 12.1. The van der Waals surface area contributed by atoms with Crippen molar-refractivity contribution in [3.05, 3.63) is 65.7 Å². The van der Waals surface area contributed by atoms with Gasteiger partial charge < -0.3 is 10.2 Å². The van der Waals surface area contributed by atoms with Gasteiger partial charge in [-0.05, 0) is 23.8 Å². The van der Waals surface area contributed by atoms with Crippen molar-refractivity contribution in [2.24, 2.45) is 0 Å². The standard InChI is InChI=1S/C18H17N3O2/c1-21(13-14-6-3-2-4-7-14)18(23)11-17(22)20-16-9-5-8-15(10-16)12-19/h2-10H,11,13H2,1H3,(H,20,22). The van der Waals surface area contributed by atoms with Crippen LogP contribution in [0, 0.1) is 11.3 Å². The van der Waals surface area contributed by atoms with E-state index in [-0.39, 0.29) is 12.3 Å². The summed E-state index contributed by atoms with van der Waals surface area (Å²) in [5, 5.41) is 11.5. The molecule has 0 fully saturated rings. The molecule has 1 N–H and O–H groups in total. The third kappa shape index (κ3) is 4.97. The van der Waals surface area contributed by atoms with E-state index in [1.807, 2.05) is 36.4 Å². The molecule has 0 saturated carbocycles. The average Bonchev–Trinajstić information content (AvgIpc) is 2.55. The Balaban J connectivity index is 1.89. The summed E-state index contributed by atoms with van der Waals surface area (Å²) in [6.07, 6.45) is -0.236. The van der Waals surface area contributed by atoms with Gasteiger partial charge in [0.05, 0.1) is 11.6 Å². The number of anilines is 1. The molecule has 23 heavy (non-hydrogen) atoms. The smallest absolute Gasteiger partial charge is 0.233 e. The lowest BCUT2D eigenvalue weighted by atomic mass is 10.2. The summed E-state index contributed by atoms with van der Waals surface area (Å²) in [5.74, 6) is -0.659. The van der Waals surface area contributed by atoms with Crippen LogP contribution >= 0.6 is 0 Å². The highest BCUT2D eigenvalue weighted by Crippen LogP contribution is 2.10. The van der Waals surface area contributed by atoms with Crippen molar-refractivity contribution in [1.82, 2.24) is 4.90 Å². The van der Waals surface area contributed by atoms with Crippen LogP contribution in [0.4, 0.5) is 5.69 Å². The first-order valence-electron chi connectivity index (χ1n) is 7.16. The third-order valence-electron chi connectivity index (χ3n) is 3.28. The quantitative estimate of drug-likeness (QED) is 0.863. The van der Waals surface area contributed by atoms with Crippen molar-refractivity contribution >= 4 is 17.5 Å². The summed E-state index contributed by atoms with van der Waals surface area (Å²) < 4.78 is 0. The zero-order chi connectivity index (χ0) is 16.7. The van der Waals surface area contributed by atoms with E-state index in [0.717, 1.165) is 5.56 Å². The van der Waals surface area contributed by atoms with Gasteiger partial charge in [0.15, 0.2) is 0 Å². The Kier molecular flexibility index (Phi) is 5.48. The normalized spacial score (nSPS) is 9.74. The van der Waals surface area contributed by atoms with Gasteiger partial charge in [0.1, 0.15) is 6.42 Å². The Morgan fingerprint density at radius 1 is 1.13 bits per heavy atom. The predicted molar refractivity (Wildman–Crippen MR) is 87.3 cm³/mol. The van der Waals surface area contributed by atoms with Crippen LogP contribution in [-0.4, -0.2) is 23.8 Å². The summed E-state index contributed by atoms with van der Waals surface area (Å²) in [5.41, 5.74) is 1.97. The van der Waals surface area contributed by atoms with Crippen molar-refractivity contribution in [2.45, 2.75) is 13.0 Å². The van der Waals surface area contributed by atoms with Crippen molar-refractivity contribution in [3.8, 4) is 6.07 Å². The van der Waals surface area contributed by atoms with E-state index in [4.69, 9.17) is 5.26 Å². The Labute approximate surface area is 135 Å². The van der Waals surface area contributed by atoms with Gasteiger partial charge >= 0.3 is 0 Å². The number of amides is 2. The van der Waals surface area contributed by atoms with E-state index in [0.29, 0.717) is 17.8 Å². The van der Waals surface area contributed by atoms with E-state index in [1.54, 1.807) is 31.3 Å². The molecule has 0 aliphatic carbocycles. The third-order valence-corrected chi connectivity index (χ3v) is 3.28. The first-order valence-corrected chi connectivity index (χ1v) is 7.16. The highest BCUT2D eigenvalue weighted by molar-refractivity contribution is 6.03. The maximum atomic E-state index is 12.1. The number of benzene rings is 2. The number of carbonyl (C=O) groups excluding carboxylic acids is 2. The van der Waals surface area contributed by atoms with Gasteiger partial charge in [-0.3, -0.25) is 9.59 Å². The average molecular weight is 307 g/mol. The molecular formula is C18H17N3O2. The van der Waals surface area contributed by atoms with E-state index < -0.39 is 5.91 Å². The van der Waals surface area contributed by atoms with Crippen LogP contribution in [0.3, 0.4) is 0 Å². The first-order chi connectivity index (χ1) is 11.1. The summed E-state index contributed by atoms with van der Waals surface area (Å²) in [4.78, 5) is 25.5. The zero-order valence-electron chi connectivity index (χ0n) is 12.8. The number of nitrogens with one attached hydrogen (secondary N) is 1. The highest BCUT2D eigenvalue weighted by Gasteiger charge is 2.14. The van der Waals surface area contributed by atoms with Crippen molar-refractivity contribution in [2.75, 3.05) is 12.4 Å². The molecule has 0 aliphatic heterocycles. The minimum Gasteiger partial charge on any atom is -0.341 e. The fraction of sp³-hybridized carbons (Fsp3) is 0.167. The molecular weight excluding hydrogens is 290 g/mol. The summed E-state index contributed by atoms with van der Waals surface area (Å²) >= 11 is 0. The molecule has 0 radical (unpaired) electrons. The zero-order valence-corrected chi connectivity index (χ0v) is 12.8. The largest absolute Gasteiger partial charge is 0.341 e. The van der Waals surface area contributed by atoms with Crippen LogP contribution in [0.5, 0.6) is 0 Å². The summed E-state index contributed by atoms with van der Waals surface area (Å²) in [6.45, 7) is 0.455. The second kappa shape index (κ2) is 7.76. The Hall–Kier alpha value is -3.13. The number of hydrogen-bond donors (Lipinski definition) is 1. The summed E-state index contributed by atoms with van der Waals surface area (Å²) in [6, 6.07) is 18.1. The van der Waals surface area contributed by atoms with Gasteiger partial charge in [-0.2, -0.15) is 5.26 Å².